The van der Waals surface area contributed by atoms with Gasteiger partial charge in [0.1, 0.15) is 6.29 Å². The van der Waals surface area contributed by atoms with Gasteiger partial charge in [0.05, 0.1) is 0 Å². The van der Waals surface area contributed by atoms with Crippen LogP contribution in [0.25, 0.3) is 0 Å². The van der Waals surface area contributed by atoms with Gasteiger partial charge in [0.15, 0.2) is 0 Å². The van der Waals surface area contributed by atoms with Gasteiger partial charge >= 0.3 is 0 Å². The van der Waals surface area contributed by atoms with Crippen LogP contribution in [0, 0.1) is 0 Å². The van der Waals surface area contributed by atoms with Crippen LogP contribution in [0.15, 0.2) is 18.2 Å². The van der Waals surface area contributed by atoms with E-state index in [1.165, 1.54) is 0 Å². The number of carbonyl (C=O) groups is 1. The first-order chi connectivity index (χ1) is 8.22. The standard InChI is InChI=1S/C13H19N3O/c1-15-6-8-16(9-7-15)13-4-2-3-12(14)11(13)5-10-17/h2-4,10H,5-9,14H2,1H3. The summed E-state index contributed by atoms with van der Waals surface area (Å²) in [6, 6.07) is 5.87. The van der Waals surface area contributed by atoms with Crippen molar-refractivity contribution in [2.24, 2.45) is 0 Å². The molecular weight excluding hydrogens is 214 g/mol. The van der Waals surface area contributed by atoms with Crippen LogP contribution in [0.4, 0.5) is 11.4 Å². The Bertz CT molecular complexity index is 398. The van der Waals surface area contributed by atoms with Crippen molar-refractivity contribution in [2.45, 2.75) is 6.42 Å². The van der Waals surface area contributed by atoms with Crippen molar-refractivity contribution in [1.82, 2.24) is 4.90 Å². The number of carbonyl (C=O) groups excluding carboxylic acids is 1. The molecule has 4 heteroatoms. The van der Waals surface area contributed by atoms with E-state index >= 15 is 0 Å². The summed E-state index contributed by atoms with van der Waals surface area (Å²) in [6.45, 7) is 4.09. The van der Waals surface area contributed by atoms with Gasteiger partial charge in [-0.1, -0.05) is 6.07 Å². The molecule has 0 aliphatic carbocycles. The summed E-state index contributed by atoms with van der Waals surface area (Å²) in [4.78, 5) is 15.4. The van der Waals surface area contributed by atoms with Crippen molar-refractivity contribution in [2.75, 3.05) is 43.9 Å². The second kappa shape index (κ2) is 5.19. The Balaban J connectivity index is 2.25. The maximum atomic E-state index is 10.7. The second-order valence-electron chi connectivity index (χ2n) is 4.51. The number of benzene rings is 1. The number of hydrogen-bond donors (Lipinski definition) is 1. The summed E-state index contributed by atoms with van der Waals surface area (Å²) < 4.78 is 0. The summed E-state index contributed by atoms with van der Waals surface area (Å²) in [6.07, 6.45) is 1.32. The number of anilines is 2. The van der Waals surface area contributed by atoms with Crippen molar-refractivity contribution in [1.29, 1.82) is 0 Å². The number of aldehydes is 1. The van der Waals surface area contributed by atoms with Crippen LogP contribution in [0.1, 0.15) is 5.56 Å². The molecule has 1 aromatic rings. The van der Waals surface area contributed by atoms with E-state index in [9.17, 15) is 4.79 Å². The smallest absolute Gasteiger partial charge is 0.124 e. The molecule has 1 aliphatic heterocycles. The highest BCUT2D eigenvalue weighted by molar-refractivity contribution is 5.71. The lowest BCUT2D eigenvalue weighted by atomic mass is 10.1. The van der Waals surface area contributed by atoms with E-state index in [4.69, 9.17) is 5.73 Å². The fraction of sp³-hybridized carbons (Fsp3) is 0.462. The van der Waals surface area contributed by atoms with Crippen molar-refractivity contribution < 1.29 is 4.79 Å². The zero-order chi connectivity index (χ0) is 12.3. The summed E-state index contributed by atoms with van der Waals surface area (Å²) in [5.41, 5.74) is 8.74. The highest BCUT2D eigenvalue weighted by Gasteiger charge is 2.17. The molecule has 92 valence electrons. The van der Waals surface area contributed by atoms with E-state index in [1.807, 2.05) is 12.1 Å². The molecule has 17 heavy (non-hydrogen) atoms. The predicted octanol–water partition coefficient (Wildman–Crippen LogP) is 0.762. The molecule has 2 rings (SSSR count). The molecule has 0 radical (unpaired) electrons. The minimum Gasteiger partial charge on any atom is -0.398 e. The Morgan fingerprint density at radius 3 is 2.65 bits per heavy atom. The third kappa shape index (κ3) is 2.58. The number of hydrogen-bond acceptors (Lipinski definition) is 4. The van der Waals surface area contributed by atoms with Gasteiger partial charge in [-0.15, -0.1) is 0 Å². The molecule has 1 fully saturated rings. The van der Waals surface area contributed by atoms with E-state index < -0.39 is 0 Å². The minimum atomic E-state index is 0.397. The molecule has 1 saturated heterocycles. The maximum Gasteiger partial charge on any atom is 0.124 e. The monoisotopic (exact) mass is 233 g/mol. The quantitative estimate of drug-likeness (QED) is 0.618. The minimum absolute atomic E-state index is 0.397. The first-order valence-corrected chi connectivity index (χ1v) is 5.97. The van der Waals surface area contributed by atoms with Gasteiger partial charge in [-0.25, -0.2) is 0 Å². The third-order valence-corrected chi connectivity index (χ3v) is 3.32. The molecule has 1 aliphatic rings. The lowest BCUT2D eigenvalue weighted by Crippen LogP contribution is -2.44. The van der Waals surface area contributed by atoms with Crippen LogP contribution in [0.5, 0.6) is 0 Å². The third-order valence-electron chi connectivity index (χ3n) is 3.32. The Labute approximate surface area is 102 Å². The Morgan fingerprint density at radius 2 is 2.00 bits per heavy atom. The molecule has 0 spiro atoms. The first kappa shape index (κ1) is 11.9. The zero-order valence-electron chi connectivity index (χ0n) is 10.2. The van der Waals surface area contributed by atoms with E-state index in [1.54, 1.807) is 0 Å². The number of piperazine rings is 1. The van der Waals surface area contributed by atoms with Crippen LogP contribution in [0.3, 0.4) is 0 Å². The van der Waals surface area contributed by atoms with Crippen LogP contribution < -0.4 is 10.6 Å². The molecular formula is C13H19N3O. The van der Waals surface area contributed by atoms with Crippen molar-refractivity contribution >= 4 is 17.7 Å². The fourth-order valence-electron chi connectivity index (χ4n) is 2.24. The average Bonchev–Trinajstić information content (AvgIpc) is 2.33. The Morgan fingerprint density at radius 1 is 1.29 bits per heavy atom. The number of nitrogens with two attached hydrogens (primary N) is 1. The van der Waals surface area contributed by atoms with Gasteiger partial charge in [0, 0.05) is 49.5 Å². The summed E-state index contributed by atoms with van der Waals surface area (Å²) in [7, 11) is 2.13. The van der Waals surface area contributed by atoms with E-state index in [0.717, 1.165) is 43.7 Å². The molecule has 0 bridgehead atoms. The summed E-state index contributed by atoms with van der Waals surface area (Å²) >= 11 is 0. The number of likely N-dealkylation sites (N-methyl/N-ethyl adjacent to an activating group) is 1. The number of nitrogen functional groups attached to an aromatic ring is 1. The lowest BCUT2D eigenvalue weighted by molar-refractivity contribution is -0.107. The number of nitrogens with zero attached hydrogens (tertiary/aromatic N) is 2. The SMILES string of the molecule is CN1CCN(c2cccc(N)c2CC=O)CC1. The Hall–Kier alpha value is -1.55. The largest absolute Gasteiger partial charge is 0.398 e. The predicted molar refractivity (Wildman–Crippen MR) is 70.3 cm³/mol. The maximum absolute atomic E-state index is 10.7. The highest BCUT2D eigenvalue weighted by atomic mass is 16.1. The van der Waals surface area contributed by atoms with Crippen LogP contribution in [-0.4, -0.2) is 44.4 Å². The topological polar surface area (TPSA) is 49.6 Å². The van der Waals surface area contributed by atoms with E-state index in [2.05, 4.69) is 22.9 Å². The Kier molecular flexibility index (Phi) is 3.64. The van der Waals surface area contributed by atoms with Gasteiger partial charge < -0.3 is 20.3 Å². The van der Waals surface area contributed by atoms with Crippen LogP contribution >= 0.6 is 0 Å². The summed E-state index contributed by atoms with van der Waals surface area (Å²) in [5.74, 6) is 0. The van der Waals surface area contributed by atoms with Crippen molar-refractivity contribution in [3.8, 4) is 0 Å². The molecule has 0 saturated carbocycles. The molecule has 0 aromatic heterocycles. The van der Waals surface area contributed by atoms with Crippen molar-refractivity contribution in [3.63, 3.8) is 0 Å². The zero-order valence-corrected chi connectivity index (χ0v) is 10.2. The second-order valence-corrected chi connectivity index (χ2v) is 4.51. The van der Waals surface area contributed by atoms with Crippen LogP contribution in [-0.2, 0) is 11.2 Å². The molecule has 1 aromatic carbocycles. The van der Waals surface area contributed by atoms with E-state index in [-0.39, 0.29) is 0 Å². The van der Waals surface area contributed by atoms with E-state index in [0.29, 0.717) is 12.1 Å². The molecule has 0 atom stereocenters. The van der Waals surface area contributed by atoms with Gasteiger partial charge in [-0.3, -0.25) is 0 Å². The normalized spacial score (nSPS) is 17.1. The molecule has 4 nitrogen and oxygen atoms in total. The highest BCUT2D eigenvalue weighted by Crippen LogP contribution is 2.26. The number of rotatable bonds is 3. The van der Waals surface area contributed by atoms with Gasteiger partial charge in [-0.05, 0) is 19.2 Å². The van der Waals surface area contributed by atoms with Gasteiger partial charge in [0.25, 0.3) is 0 Å². The first-order valence-electron chi connectivity index (χ1n) is 5.97. The van der Waals surface area contributed by atoms with Crippen molar-refractivity contribution in [3.05, 3.63) is 23.8 Å². The molecule has 0 unspecified atom stereocenters. The molecule has 0 amide bonds. The fourth-order valence-corrected chi connectivity index (χ4v) is 2.24. The molecule has 2 N–H and O–H groups in total. The molecule has 1 heterocycles. The van der Waals surface area contributed by atoms with Gasteiger partial charge in [-0.2, -0.15) is 0 Å². The lowest BCUT2D eigenvalue weighted by Gasteiger charge is -2.35. The van der Waals surface area contributed by atoms with Crippen LogP contribution in [0.2, 0.25) is 0 Å². The van der Waals surface area contributed by atoms with Gasteiger partial charge in [0.2, 0.25) is 0 Å². The average molecular weight is 233 g/mol. The summed E-state index contributed by atoms with van der Waals surface area (Å²) in [5, 5.41) is 0.